The van der Waals surface area contributed by atoms with E-state index in [9.17, 15) is 9.90 Å². The Labute approximate surface area is 316 Å². The van der Waals surface area contributed by atoms with Gasteiger partial charge in [0.2, 0.25) is 5.84 Å². The molecule has 0 N–H and O–H groups in total. The van der Waals surface area contributed by atoms with Gasteiger partial charge in [0.15, 0.2) is 17.5 Å². The Hall–Kier alpha value is -3.86. The molecule has 3 aliphatic heterocycles. The molecule has 6 bridgehead atoms. The van der Waals surface area contributed by atoms with Gasteiger partial charge in [-0.2, -0.15) is 0 Å². The van der Waals surface area contributed by atoms with Crippen LogP contribution in [0.3, 0.4) is 0 Å². The zero-order valence-electron chi connectivity index (χ0n) is 32.5. The summed E-state index contributed by atoms with van der Waals surface area (Å²) in [5, 5.41) is 13.7. The number of aromatic nitrogens is 1. The second-order valence-electron chi connectivity index (χ2n) is 13.3. The smallest absolute Gasteiger partial charge is 0.858 e. The molecular weight excluding hydrogens is 694 g/mol. The molecule has 3 aliphatic rings. The molecule has 1 aromatic heterocycles. The van der Waals surface area contributed by atoms with Crippen LogP contribution >= 0.6 is 0 Å². The van der Waals surface area contributed by atoms with Crippen LogP contribution in [0.25, 0.3) is 0 Å². The summed E-state index contributed by atoms with van der Waals surface area (Å²) in [6, 6.07) is 0. The van der Waals surface area contributed by atoms with Crippen molar-refractivity contribution in [3.63, 3.8) is 0 Å². The average molecular weight is 748 g/mol. The average Bonchev–Trinajstić information content (AvgIpc) is 3.68. The van der Waals surface area contributed by atoms with E-state index in [-0.39, 0.29) is 31.1 Å². The standard InChI is InChI=1S/C38H56N10O2.Zn/c1-11-17-23-24(18-12-2)30-39-29(23)40-31-25(19-13-3)27(21-15-5)33(42-31)44-35(37(49)47(7)8)46-36(38(50)48(9)10)45-34-28(22-16-6)26(20-14-4)32(41-30)43-34;/h11-22H2,1-10H3,(H2,39,40,41,42,43,44,45,46,49,50);/q;+2/p-2. The number of carbonyl (C=O) groups excluding carboxylic acids is 1. The quantitative estimate of drug-likeness (QED) is 0.200. The van der Waals surface area contributed by atoms with E-state index in [0.29, 0.717) is 47.2 Å². The number of fused-ring (bicyclic) bond motifs is 4. The summed E-state index contributed by atoms with van der Waals surface area (Å²) in [5.74, 6) is 0.517. The number of amidine groups is 5. The van der Waals surface area contributed by atoms with E-state index in [1.54, 1.807) is 28.2 Å². The van der Waals surface area contributed by atoms with Crippen LogP contribution in [0.2, 0.25) is 0 Å². The van der Waals surface area contributed by atoms with E-state index < -0.39 is 11.8 Å². The van der Waals surface area contributed by atoms with Gasteiger partial charge in [-0.05, 0) is 60.8 Å². The molecule has 0 aromatic carbocycles. The van der Waals surface area contributed by atoms with Crippen molar-refractivity contribution >= 4 is 35.1 Å². The first kappa shape index (κ1) is 41.6. The SMILES string of the molecule is CCCC1=C(CCC)C2=NC1=NC(C(=O)N(C)C)=NC(=C([O-])N(C)C)N=C1N=C(N=c3[n-]c(c(CCC)c3CCC)=N2)C(CCC)=C1CCC.[Zn+2]. The molecule has 0 aliphatic carbocycles. The van der Waals surface area contributed by atoms with Gasteiger partial charge in [0.05, 0.1) is 11.7 Å². The van der Waals surface area contributed by atoms with Crippen LogP contribution in [0.1, 0.15) is 117 Å². The molecule has 1 amide bonds. The Bertz CT molecular complexity index is 1850. The second-order valence-corrected chi connectivity index (χ2v) is 13.3. The minimum Gasteiger partial charge on any atom is -0.858 e. The predicted molar refractivity (Wildman–Crippen MR) is 200 cm³/mol. The van der Waals surface area contributed by atoms with E-state index in [1.165, 1.54) is 9.80 Å². The van der Waals surface area contributed by atoms with Crippen molar-refractivity contribution in [2.45, 2.75) is 119 Å². The van der Waals surface area contributed by atoms with Crippen LogP contribution < -0.4 is 21.1 Å². The van der Waals surface area contributed by atoms with Gasteiger partial charge in [0.25, 0.3) is 5.91 Å². The number of amides is 1. The van der Waals surface area contributed by atoms with Gasteiger partial charge in [-0.15, -0.1) is 0 Å². The Kier molecular flexibility index (Phi) is 15.6. The number of hydrogen-bond acceptors (Lipinski definition) is 10. The van der Waals surface area contributed by atoms with Crippen LogP contribution in [0.15, 0.2) is 68.9 Å². The summed E-state index contributed by atoms with van der Waals surface area (Å²) in [4.78, 5) is 56.2. The molecule has 0 unspecified atom stereocenters. The fourth-order valence-electron chi connectivity index (χ4n) is 6.29. The zero-order chi connectivity index (χ0) is 36.5. The number of hydrogen-bond donors (Lipinski definition) is 0. The van der Waals surface area contributed by atoms with Crippen molar-refractivity contribution < 1.29 is 29.4 Å². The number of aliphatic imine (C=N–C) groups is 5. The molecule has 0 spiro atoms. The molecule has 4 heterocycles. The first-order valence-electron chi connectivity index (χ1n) is 18.3. The molecule has 12 nitrogen and oxygen atoms in total. The van der Waals surface area contributed by atoms with E-state index in [1.807, 2.05) is 0 Å². The molecule has 1 aromatic rings. The molecule has 4 rings (SSSR count). The molecule has 51 heavy (non-hydrogen) atoms. The van der Waals surface area contributed by atoms with Gasteiger partial charge < -0.3 is 29.9 Å². The van der Waals surface area contributed by atoms with Gasteiger partial charge in [-0.3, -0.25) is 4.79 Å². The molecule has 13 heteroatoms. The van der Waals surface area contributed by atoms with Crippen LogP contribution in [-0.2, 0) is 37.1 Å². The number of carbonyl (C=O) groups is 1. The molecule has 0 saturated carbocycles. The molecule has 0 fully saturated rings. The first-order valence-corrected chi connectivity index (χ1v) is 18.3. The van der Waals surface area contributed by atoms with E-state index in [4.69, 9.17) is 34.9 Å². The van der Waals surface area contributed by atoms with Crippen molar-refractivity contribution in [2.24, 2.45) is 34.9 Å². The Balaban J connectivity index is 0.00000702. The Morgan fingerprint density at radius 1 is 0.529 bits per heavy atom. The molecule has 0 saturated heterocycles. The zero-order valence-corrected chi connectivity index (χ0v) is 35.4. The van der Waals surface area contributed by atoms with Crippen molar-refractivity contribution in [3.05, 3.63) is 56.1 Å². The number of likely N-dealkylation sites (N-methyl/N-ethyl adjacent to an activating group) is 1. The second kappa shape index (κ2) is 19.1. The van der Waals surface area contributed by atoms with Crippen LogP contribution in [0.4, 0.5) is 0 Å². The first-order chi connectivity index (χ1) is 24.0. The third-order valence-electron chi connectivity index (χ3n) is 8.60. The number of rotatable bonds is 14. The molecule has 270 valence electrons. The summed E-state index contributed by atoms with van der Waals surface area (Å²) in [5.41, 5.74) is 7.24. The van der Waals surface area contributed by atoms with Crippen molar-refractivity contribution in [1.82, 2.24) is 14.8 Å². The summed E-state index contributed by atoms with van der Waals surface area (Å²) in [7, 11) is 6.51. The third kappa shape index (κ3) is 9.34. The molecule has 0 radical (unpaired) electrons. The van der Waals surface area contributed by atoms with Gasteiger partial charge in [-0.1, -0.05) is 80.1 Å². The minimum atomic E-state index is -0.477. The van der Waals surface area contributed by atoms with E-state index in [0.717, 1.165) is 97.6 Å². The number of nitrogens with zero attached hydrogens (tertiary/aromatic N) is 10. The summed E-state index contributed by atoms with van der Waals surface area (Å²) < 4.78 is 0. The predicted octanol–water partition coefficient (Wildman–Crippen LogP) is 4.75. The van der Waals surface area contributed by atoms with Gasteiger partial charge >= 0.3 is 19.5 Å². The van der Waals surface area contributed by atoms with E-state index in [2.05, 4.69) is 46.5 Å². The maximum atomic E-state index is 13.7. The van der Waals surface area contributed by atoms with Crippen molar-refractivity contribution in [1.29, 1.82) is 0 Å². The normalized spacial score (nSPS) is 16.8. The maximum Gasteiger partial charge on any atom is 2.00 e. The van der Waals surface area contributed by atoms with Crippen LogP contribution in [0, 0.1) is 0 Å². The van der Waals surface area contributed by atoms with Gasteiger partial charge in [0, 0.05) is 56.2 Å². The molecular formula is C38H54N10O2Zn. The summed E-state index contributed by atoms with van der Waals surface area (Å²) >= 11 is 0. The van der Waals surface area contributed by atoms with E-state index >= 15 is 0 Å². The topological polar surface area (TPSA) is 147 Å². The third-order valence-corrected chi connectivity index (χ3v) is 8.60. The van der Waals surface area contributed by atoms with Crippen LogP contribution in [-0.4, -0.2) is 73.1 Å². The van der Waals surface area contributed by atoms with Crippen molar-refractivity contribution in [2.75, 3.05) is 28.2 Å². The minimum absolute atomic E-state index is 0. The Morgan fingerprint density at radius 3 is 1.25 bits per heavy atom. The van der Waals surface area contributed by atoms with Crippen molar-refractivity contribution in [3.8, 4) is 0 Å². The Morgan fingerprint density at radius 2 is 0.902 bits per heavy atom. The fraction of sp³-hybridized carbons (Fsp3) is 0.579. The maximum absolute atomic E-state index is 13.7. The monoisotopic (exact) mass is 746 g/mol. The summed E-state index contributed by atoms with van der Waals surface area (Å²) in [6.07, 6.45) is 9.74. The van der Waals surface area contributed by atoms with Crippen LogP contribution in [0.5, 0.6) is 0 Å². The fourth-order valence-corrected chi connectivity index (χ4v) is 6.29. The summed E-state index contributed by atoms with van der Waals surface area (Å²) in [6.45, 7) is 12.8. The largest absolute Gasteiger partial charge is 2.00 e. The van der Waals surface area contributed by atoms with Gasteiger partial charge in [0.1, 0.15) is 0 Å². The molecule has 0 atom stereocenters. The van der Waals surface area contributed by atoms with Gasteiger partial charge in [-0.25, -0.2) is 25.0 Å².